The predicted molar refractivity (Wildman–Crippen MR) is 65.1 cm³/mol. The van der Waals surface area contributed by atoms with Crippen molar-refractivity contribution in [1.82, 2.24) is 9.97 Å². The number of nitrogens with one attached hydrogen (secondary N) is 1. The molecule has 0 unspecified atom stereocenters. The van der Waals surface area contributed by atoms with Gasteiger partial charge < -0.3 is 19.6 Å². The Balaban J connectivity index is 2.97. The van der Waals surface area contributed by atoms with Crippen LogP contribution in [0.15, 0.2) is 0 Å². The number of hydrogen-bond acceptors (Lipinski definition) is 5. The van der Waals surface area contributed by atoms with Crippen molar-refractivity contribution in [2.75, 3.05) is 13.7 Å². The van der Waals surface area contributed by atoms with E-state index in [2.05, 4.69) is 14.7 Å². The molecule has 6 nitrogen and oxygen atoms in total. The van der Waals surface area contributed by atoms with Gasteiger partial charge in [0.1, 0.15) is 18.0 Å². The molecule has 18 heavy (non-hydrogen) atoms. The van der Waals surface area contributed by atoms with Gasteiger partial charge in [-0.2, -0.15) is 0 Å². The number of aromatic nitrogens is 2. The van der Waals surface area contributed by atoms with Crippen molar-refractivity contribution in [2.24, 2.45) is 0 Å². The second kappa shape index (κ2) is 5.97. The van der Waals surface area contributed by atoms with E-state index in [0.717, 1.165) is 6.42 Å². The Morgan fingerprint density at radius 2 is 2.17 bits per heavy atom. The van der Waals surface area contributed by atoms with Gasteiger partial charge in [0.25, 0.3) is 0 Å². The number of H-pyrrole nitrogens is 1. The first-order valence-electron chi connectivity index (χ1n) is 5.88. The first-order chi connectivity index (χ1) is 8.40. The number of rotatable bonds is 6. The Morgan fingerprint density at radius 3 is 2.67 bits per heavy atom. The quantitative estimate of drug-likeness (QED) is 0.593. The summed E-state index contributed by atoms with van der Waals surface area (Å²) in [5, 5.41) is 9.98. The van der Waals surface area contributed by atoms with Crippen molar-refractivity contribution < 1.29 is 19.4 Å². The second-order valence-electron chi connectivity index (χ2n) is 4.51. The zero-order chi connectivity index (χ0) is 13.8. The lowest BCUT2D eigenvalue weighted by atomic mass is 10.0. The van der Waals surface area contributed by atoms with E-state index in [-0.39, 0.29) is 12.3 Å². The maximum atomic E-state index is 11.6. The van der Waals surface area contributed by atoms with Crippen LogP contribution in [0, 0.1) is 0 Å². The lowest BCUT2D eigenvalue weighted by Gasteiger charge is -2.16. The molecular formula is C12H20N2O4. The van der Waals surface area contributed by atoms with Gasteiger partial charge in [0.15, 0.2) is 5.69 Å². The van der Waals surface area contributed by atoms with Crippen LogP contribution in [0.25, 0.3) is 0 Å². The third kappa shape index (κ3) is 3.54. The van der Waals surface area contributed by atoms with E-state index in [1.54, 1.807) is 13.8 Å². The first kappa shape index (κ1) is 14.7. The SMILES string of the molecule is CCCOCc1nc(C(=O)OC)c(C(C)(C)O)[nH]1. The number of esters is 1. The summed E-state index contributed by atoms with van der Waals surface area (Å²) in [7, 11) is 1.28. The van der Waals surface area contributed by atoms with Gasteiger partial charge in [-0.25, -0.2) is 9.78 Å². The highest BCUT2D eigenvalue weighted by Crippen LogP contribution is 2.22. The number of carbonyl (C=O) groups is 1. The molecule has 1 aromatic heterocycles. The van der Waals surface area contributed by atoms with E-state index < -0.39 is 11.6 Å². The number of imidazole rings is 1. The van der Waals surface area contributed by atoms with Crippen LogP contribution in [-0.4, -0.2) is 34.8 Å². The van der Waals surface area contributed by atoms with E-state index in [1.165, 1.54) is 7.11 Å². The van der Waals surface area contributed by atoms with E-state index in [1.807, 2.05) is 6.92 Å². The zero-order valence-electron chi connectivity index (χ0n) is 11.2. The molecule has 0 aromatic carbocycles. The summed E-state index contributed by atoms with van der Waals surface area (Å²) in [5.41, 5.74) is -0.760. The molecule has 6 heteroatoms. The van der Waals surface area contributed by atoms with Crippen LogP contribution in [0.3, 0.4) is 0 Å². The minimum Gasteiger partial charge on any atom is -0.464 e. The van der Waals surface area contributed by atoms with Crippen LogP contribution in [0.5, 0.6) is 0 Å². The summed E-state index contributed by atoms with van der Waals surface area (Å²) in [5.74, 6) is -0.0777. The molecule has 0 bridgehead atoms. The highest BCUT2D eigenvalue weighted by Gasteiger charge is 2.28. The summed E-state index contributed by atoms with van der Waals surface area (Å²) in [6, 6.07) is 0. The molecule has 0 amide bonds. The number of ether oxygens (including phenoxy) is 2. The highest BCUT2D eigenvalue weighted by molar-refractivity contribution is 5.88. The van der Waals surface area contributed by atoms with Crippen LogP contribution in [0.4, 0.5) is 0 Å². The normalized spacial score (nSPS) is 11.6. The molecule has 0 spiro atoms. The molecule has 0 aliphatic carbocycles. The van der Waals surface area contributed by atoms with Crippen LogP contribution in [0.2, 0.25) is 0 Å². The van der Waals surface area contributed by atoms with Crippen LogP contribution in [-0.2, 0) is 21.7 Å². The Labute approximate surface area is 106 Å². The lowest BCUT2D eigenvalue weighted by molar-refractivity contribution is 0.0538. The number of aliphatic hydroxyl groups is 1. The lowest BCUT2D eigenvalue weighted by Crippen LogP contribution is -2.20. The monoisotopic (exact) mass is 256 g/mol. The Hall–Kier alpha value is -1.40. The Kier molecular flexibility index (Phi) is 4.86. The summed E-state index contributed by atoms with van der Waals surface area (Å²) in [6.45, 7) is 6.04. The van der Waals surface area contributed by atoms with E-state index >= 15 is 0 Å². The first-order valence-corrected chi connectivity index (χ1v) is 5.88. The van der Waals surface area contributed by atoms with Gasteiger partial charge in [-0.15, -0.1) is 0 Å². The van der Waals surface area contributed by atoms with Crippen molar-refractivity contribution in [3.05, 3.63) is 17.2 Å². The van der Waals surface area contributed by atoms with E-state index in [4.69, 9.17) is 4.74 Å². The summed E-state index contributed by atoms with van der Waals surface area (Å²) in [4.78, 5) is 18.6. The van der Waals surface area contributed by atoms with Crippen LogP contribution < -0.4 is 0 Å². The van der Waals surface area contributed by atoms with Crippen molar-refractivity contribution in [3.63, 3.8) is 0 Å². The van der Waals surface area contributed by atoms with Crippen molar-refractivity contribution in [2.45, 2.75) is 39.4 Å². The molecule has 2 N–H and O–H groups in total. The number of aromatic amines is 1. The maximum Gasteiger partial charge on any atom is 0.358 e. The Morgan fingerprint density at radius 1 is 1.50 bits per heavy atom. The van der Waals surface area contributed by atoms with Crippen LogP contribution >= 0.6 is 0 Å². The largest absolute Gasteiger partial charge is 0.464 e. The molecule has 1 heterocycles. The molecule has 0 saturated carbocycles. The number of carbonyl (C=O) groups excluding carboxylic acids is 1. The minimum absolute atomic E-state index is 0.0973. The zero-order valence-corrected chi connectivity index (χ0v) is 11.2. The Bertz CT molecular complexity index is 407. The van der Waals surface area contributed by atoms with Gasteiger partial charge in [0.05, 0.1) is 12.8 Å². The summed E-state index contributed by atoms with van der Waals surface area (Å²) in [6.07, 6.45) is 0.906. The molecule has 102 valence electrons. The standard InChI is InChI=1S/C12H20N2O4/c1-5-6-18-7-8-13-9(11(15)17-4)10(14-8)12(2,3)16/h16H,5-7H2,1-4H3,(H,13,14). The number of methoxy groups -OCH3 is 1. The fourth-order valence-electron chi connectivity index (χ4n) is 1.49. The predicted octanol–water partition coefficient (Wildman–Crippen LogP) is 1.35. The highest BCUT2D eigenvalue weighted by atomic mass is 16.5. The molecule has 0 aliphatic heterocycles. The molecule has 0 saturated heterocycles. The molecule has 0 aliphatic rings. The molecule has 0 radical (unpaired) electrons. The van der Waals surface area contributed by atoms with E-state index in [9.17, 15) is 9.90 Å². The number of nitrogens with zero attached hydrogens (tertiary/aromatic N) is 1. The van der Waals surface area contributed by atoms with Crippen molar-refractivity contribution in [1.29, 1.82) is 0 Å². The topological polar surface area (TPSA) is 84.4 Å². The second-order valence-corrected chi connectivity index (χ2v) is 4.51. The molecule has 0 fully saturated rings. The molecule has 1 aromatic rings. The minimum atomic E-state index is -1.19. The van der Waals surface area contributed by atoms with Gasteiger partial charge >= 0.3 is 5.97 Å². The average Bonchev–Trinajstić information content (AvgIpc) is 2.72. The summed E-state index contributed by atoms with van der Waals surface area (Å²) >= 11 is 0. The third-order valence-corrected chi connectivity index (χ3v) is 2.33. The summed E-state index contributed by atoms with van der Waals surface area (Å²) < 4.78 is 9.97. The maximum absolute atomic E-state index is 11.6. The molecular weight excluding hydrogens is 236 g/mol. The smallest absolute Gasteiger partial charge is 0.358 e. The van der Waals surface area contributed by atoms with Crippen molar-refractivity contribution >= 4 is 5.97 Å². The van der Waals surface area contributed by atoms with Crippen LogP contribution in [0.1, 0.15) is 49.2 Å². The number of hydrogen-bond donors (Lipinski definition) is 2. The van der Waals surface area contributed by atoms with Gasteiger partial charge in [0.2, 0.25) is 0 Å². The molecule has 0 atom stereocenters. The van der Waals surface area contributed by atoms with Gasteiger partial charge in [-0.05, 0) is 20.3 Å². The third-order valence-electron chi connectivity index (χ3n) is 2.33. The van der Waals surface area contributed by atoms with Crippen molar-refractivity contribution in [3.8, 4) is 0 Å². The van der Waals surface area contributed by atoms with E-state index in [0.29, 0.717) is 18.1 Å². The molecule has 1 rings (SSSR count). The van der Waals surface area contributed by atoms with Gasteiger partial charge in [0, 0.05) is 6.61 Å². The average molecular weight is 256 g/mol. The fraction of sp³-hybridized carbons (Fsp3) is 0.667. The van der Waals surface area contributed by atoms with Gasteiger partial charge in [-0.1, -0.05) is 6.92 Å². The fourth-order valence-corrected chi connectivity index (χ4v) is 1.49. The van der Waals surface area contributed by atoms with Gasteiger partial charge in [-0.3, -0.25) is 0 Å².